The van der Waals surface area contributed by atoms with Crippen molar-refractivity contribution in [3.63, 3.8) is 0 Å². The first-order chi connectivity index (χ1) is 11.4. The molecular formula is C16H12Cl2N4O2. The van der Waals surface area contributed by atoms with Gasteiger partial charge in [0.05, 0.1) is 5.69 Å². The summed E-state index contributed by atoms with van der Waals surface area (Å²) in [6.07, 6.45) is 1.27. The summed E-state index contributed by atoms with van der Waals surface area (Å²) in [7, 11) is 0. The largest absolute Gasteiger partial charge is 0.383 e. The number of anilines is 2. The van der Waals surface area contributed by atoms with Gasteiger partial charge in [-0.25, -0.2) is 4.98 Å². The maximum atomic E-state index is 12.1. The minimum atomic E-state index is -0.376. The van der Waals surface area contributed by atoms with Gasteiger partial charge in [0.2, 0.25) is 0 Å². The monoisotopic (exact) mass is 362 g/mol. The van der Waals surface area contributed by atoms with Crippen molar-refractivity contribution < 1.29 is 9.32 Å². The Morgan fingerprint density at radius 2 is 1.92 bits per heavy atom. The molecule has 0 fully saturated rings. The lowest BCUT2D eigenvalue weighted by molar-refractivity contribution is 0.102. The Hall–Kier alpha value is -2.57. The van der Waals surface area contributed by atoms with Crippen molar-refractivity contribution in [1.82, 2.24) is 10.1 Å². The van der Waals surface area contributed by atoms with Crippen LogP contribution in [0.5, 0.6) is 0 Å². The molecule has 2 heterocycles. The number of nitrogens with two attached hydrogens (primary N) is 1. The van der Waals surface area contributed by atoms with Crippen molar-refractivity contribution in [3.05, 3.63) is 57.9 Å². The summed E-state index contributed by atoms with van der Waals surface area (Å²) in [6.45, 7) is 1.67. The molecule has 1 amide bonds. The molecule has 6 nitrogen and oxygen atoms in total. The summed E-state index contributed by atoms with van der Waals surface area (Å²) >= 11 is 12.0. The highest BCUT2D eigenvalue weighted by Gasteiger charge is 2.14. The lowest BCUT2D eigenvalue weighted by Gasteiger charge is -2.09. The van der Waals surface area contributed by atoms with Crippen LogP contribution in [0.1, 0.15) is 16.1 Å². The number of aryl methyl sites for hydroxylation is 1. The Labute approximate surface area is 147 Å². The van der Waals surface area contributed by atoms with E-state index >= 15 is 0 Å². The van der Waals surface area contributed by atoms with Crippen molar-refractivity contribution in [2.24, 2.45) is 0 Å². The molecule has 8 heteroatoms. The molecule has 3 rings (SSSR count). The van der Waals surface area contributed by atoms with Crippen molar-refractivity contribution in [2.45, 2.75) is 6.92 Å². The van der Waals surface area contributed by atoms with Crippen LogP contribution in [-0.4, -0.2) is 16.0 Å². The van der Waals surface area contributed by atoms with Gasteiger partial charge >= 0.3 is 0 Å². The number of aromatic nitrogens is 2. The number of hydrogen-bond acceptors (Lipinski definition) is 5. The van der Waals surface area contributed by atoms with Crippen molar-refractivity contribution in [1.29, 1.82) is 0 Å². The molecular weight excluding hydrogens is 351 g/mol. The highest BCUT2D eigenvalue weighted by Crippen LogP contribution is 2.31. The standard InChI is InChI=1S/C16H12Cl2N4O2/c1-8-13(7-24-22-8)16(23)21-14-3-2-12(15(19)20-14)9-4-10(17)6-11(18)5-9/h2-7H,1H3,(H3,19,20,21,23). The van der Waals surface area contributed by atoms with Crippen LogP contribution < -0.4 is 11.1 Å². The van der Waals surface area contributed by atoms with Gasteiger partial charge in [-0.2, -0.15) is 0 Å². The summed E-state index contributed by atoms with van der Waals surface area (Å²) in [4.78, 5) is 16.3. The minimum Gasteiger partial charge on any atom is -0.383 e. The van der Waals surface area contributed by atoms with Crippen molar-refractivity contribution in [2.75, 3.05) is 11.1 Å². The van der Waals surface area contributed by atoms with Gasteiger partial charge in [-0.1, -0.05) is 28.4 Å². The number of amides is 1. The zero-order chi connectivity index (χ0) is 17.3. The third kappa shape index (κ3) is 3.34. The van der Waals surface area contributed by atoms with E-state index in [1.807, 2.05) is 0 Å². The second-order valence-electron chi connectivity index (χ2n) is 5.06. The first kappa shape index (κ1) is 16.3. The van der Waals surface area contributed by atoms with Crippen LogP contribution in [0.4, 0.5) is 11.6 Å². The van der Waals surface area contributed by atoms with E-state index in [9.17, 15) is 4.79 Å². The molecule has 24 heavy (non-hydrogen) atoms. The maximum absolute atomic E-state index is 12.1. The molecule has 0 saturated heterocycles. The number of hydrogen-bond donors (Lipinski definition) is 2. The number of nitrogen functional groups attached to an aromatic ring is 1. The fourth-order valence-corrected chi connectivity index (χ4v) is 2.72. The van der Waals surface area contributed by atoms with Crippen molar-refractivity contribution in [3.8, 4) is 11.1 Å². The normalized spacial score (nSPS) is 10.6. The van der Waals surface area contributed by atoms with Gasteiger partial charge in [0.1, 0.15) is 23.5 Å². The van der Waals surface area contributed by atoms with Gasteiger partial charge < -0.3 is 15.6 Å². The van der Waals surface area contributed by atoms with Gasteiger partial charge in [-0.15, -0.1) is 0 Å². The van der Waals surface area contributed by atoms with Crippen LogP contribution in [0.15, 0.2) is 41.1 Å². The molecule has 0 saturated carbocycles. The fourth-order valence-electron chi connectivity index (χ4n) is 2.19. The van der Waals surface area contributed by atoms with Crippen LogP contribution in [0.25, 0.3) is 11.1 Å². The Morgan fingerprint density at radius 3 is 2.50 bits per heavy atom. The SMILES string of the molecule is Cc1nocc1C(=O)Nc1ccc(-c2cc(Cl)cc(Cl)c2)c(N)n1. The topological polar surface area (TPSA) is 94.0 Å². The molecule has 0 aliphatic rings. The third-order valence-corrected chi connectivity index (χ3v) is 3.77. The fraction of sp³-hybridized carbons (Fsp3) is 0.0625. The van der Waals surface area contributed by atoms with E-state index in [0.717, 1.165) is 5.56 Å². The first-order valence-electron chi connectivity index (χ1n) is 6.89. The number of nitrogens with one attached hydrogen (secondary N) is 1. The lowest BCUT2D eigenvalue weighted by Crippen LogP contribution is -2.14. The van der Waals surface area contributed by atoms with Crippen LogP contribution in [-0.2, 0) is 0 Å². The molecule has 0 aliphatic heterocycles. The second-order valence-corrected chi connectivity index (χ2v) is 5.93. The summed E-state index contributed by atoms with van der Waals surface area (Å²) in [6, 6.07) is 8.48. The van der Waals surface area contributed by atoms with E-state index in [4.69, 9.17) is 33.5 Å². The van der Waals surface area contributed by atoms with E-state index in [0.29, 0.717) is 32.7 Å². The van der Waals surface area contributed by atoms with Gasteiger partial charge in [0.15, 0.2) is 0 Å². The van der Waals surface area contributed by atoms with E-state index in [1.165, 1.54) is 6.26 Å². The summed E-state index contributed by atoms with van der Waals surface area (Å²) in [5, 5.41) is 7.30. The number of pyridine rings is 1. The maximum Gasteiger partial charge on any atom is 0.262 e. The molecule has 0 bridgehead atoms. The smallest absolute Gasteiger partial charge is 0.262 e. The average molecular weight is 363 g/mol. The predicted octanol–water partition coefficient (Wildman–Crippen LogP) is 4.19. The number of benzene rings is 1. The van der Waals surface area contributed by atoms with Gasteiger partial charge in [0.25, 0.3) is 5.91 Å². The third-order valence-electron chi connectivity index (χ3n) is 3.33. The molecule has 1 aromatic carbocycles. The molecule has 2 aromatic heterocycles. The van der Waals surface area contributed by atoms with Crippen LogP contribution in [0.2, 0.25) is 10.0 Å². The summed E-state index contributed by atoms with van der Waals surface area (Å²) < 4.78 is 4.75. The minimum absolute atomic E-state index is 0.244. The van der Waals surface area contributed by atoms with Crippen LogP contribution >= 0.6 is 23.2 Å². The van der Waals surface area contributed by atoms with Crippen molar-refractivity contribution >= 4 is 40.7 Å². The van der Waals surface area contributed by atoms with Gasteiger partial charge in [-0.3, -0.25) is 4.79 Å². The van der Waals surface area contributed by atoms with E-state index in [2.05, 4.69) is 15.5 Å². The zero-order valence-corrected chi connectivity index (χ0v) is 14.0. The zero-order valence-electron chi connectivity index (χ0n) is 12.5. The first-order valence-corrected chi connectivity index (χ1v) is 7.65. The van der Waals surface area contributed by atoms with E-state index in [1.54, 1.807) is 37.3 Å². The van der Waals surface area contributed by atoms with Crippen LogP contribution in [0.3, 0.4) is 0 Å². The number of carbonyl (C=O) groups excluding carboxylic acids is 1. The molecule has 0 atom stereocenters. The number of carbonyl (C=O) groups is 1. The van der Waals surface area contributed by atoms with Gasteiger partial charge in [0, 0.05) is 15.6 Å². The molecule has 0 radical (unpaired) electrons. The quantitative estimate of drug-likeness (QED) is 0.728. The Bertz CT molecular complexity index is 904. The Kier molecular flexibility index (Phi) is 4.42. The molecule has 122 valence electrons. The lowest BCUT2D eigenvalue weighted by atomic mass is 10.1. The number of nitrogens with zero attached hydrogens (tertiary/aromatic N) is 2. The molecule has 0 aliphatic carbocycles. The van der Waals surface area contributed by atoms with E-state index in [-0.39, 0.29) is 11.7 Å². The van der Waals surface area contributed by atoms with E-state index < -0.39 is 0 Å². The van der Waals surface area contributed by atoms with Crippen LogP contribution in [0, 0.1) is 6.92 Å². The Morgan fingerprint density at radius 1 is 1.21 bits per heavy atom. The second kappa shape index (κ2) is 6.51. The highest BCUT2D eigenvalue weighted by molar-refractivity contribution is 6.35. The number of rotatable bonds is 3. The molecule has 0 unspecified atom stereocenters. The summed E-state index contributed by atoms with van der Waals surface area (Å²) in [5.41, 5.74) is 8.23. The molecule has 0 spiro atoms. The molecule has 3 aromatic rings. The van der Waals surface area contributed by atoms with Gasteiger partial charge in [-0.05, 0) is 42.8 Å². The number of halogens is 2. The Balaban J connectivity index is 1.87. The average Bonchev–Trinajstić information content (AvgIpc) is 2.92. The molecule has 3 N–H and O–H groups in total. The highest BCUT2D eigenvalue weighted by atomic mass is 35.5. The summed E-state index contributed by atoms with van der Waals surface area (Å²) in [5.74, 6) is 0.183. The predicted molar refractivity (Wildman–Crippen MR) is 93.3 cm³/mol.